The predicted octanol–water partition coefficient (Wildman–Crippen LogP) is 3.53. The highest BCUT2D eigenvalue weighted by Crippen LogP contribution is 2.29. The summed E-state index contributed by atoms with van der Waals surface area (Å²) in [7, 11) is 0. The zero-order valence-corrected chi connectivity index (χ0v) is 13.7. The van der Waals surface area contributed by atoms with Crippen molar-refractivity contribution >= 4 is 22.5 Å². The summed E-state index contributed by atoms with van der Waals surface area (Å²) in [6, 6.07) is 12.4. The number of rotatable bonds is 3. The van der Waals surface area contributed by atoms with Crippen molar-refractivity contribution in [3.8, 4) is 6.07 Å². The molecule has 0 atom stereocenters. The van der Waals surface area contributed by atoms with Crippen molar-refractivity contribution in [1.29, 1.82) is 5.26 Å². The van der Waals surface area contributed by atoms with Gasteiger partial charge in [0.25, 0.3) is 0 Å². The molecule has 27 heavy (non-hydrogen) atoms. The first-order valence-corrected chi connectivity index (χ1v) is 7.79. The van der Waals surface area contributed by atoms with Gasteiger partial charge in [0.1, 0.15) is 18.2 Å². The van der Waals surface area contributed by atoms with Gasteiger partial charge in [0, 0.05) is 17.3 Å². The van der Waals surface area contributed by atoms with Crippen molar-refractivity contribution in [2.45, 2.75) is 12.7 Å². The molecule has 0 spiro atoms. The Labute approximate surface area is 151 Å². The number of nitriles is 1. The Morgan fingerprint density at radius 2 is 1.78 bits per heavy atom. The SMILES string of the molecule is N#Cc1cn(CC(=O)Nc2ccc(C(F)(F)F)cc2)c2ccccc2c1=O. The van der Waals surface area contributed by atoms with Crippen LogP contribution in [0.4, 0.5) is 18.9 Å². The maximum atomic E-state index is 12.6. The first-order chi connectivity index (χ1) is 12.8. The third-order valence-corrected chi connectivity index (χ3v) is 3.92. The fourth-order valence-corrected chi connectivity index (χ4v) is 2.65. The second-order valence-electron chi connectivity index (χ2n) is 5.75. The lowest BCUT2D eigenvalue weighted by molar-refractivity contribution is -0.137. The Morgan fingerprint density at radius 3 is 2.41 bits per heavy atom. The summed E-state index contributed by atoms with van der Waals surface area (Å²) in [5, 5.41) is 11.9. The topological polar surface area (TPSA) is 74.9 Å². The minimum Gasteiger partial charge on any atom is -0.336 e. The quantitative estimate of drug-likeness (QED) is 0.765. The Balaban J connectivity index is 1.85. The molecule has 3 aromatic rings. The minimum atomic E-state index is -4.45. The molecule has 2 aromatic carbocycles. The number of pyridine rings is 1. The number of alkyl halides is 3. The van der Waals surface area contributed by atoms with Crippen LogP contribution in [0.2, 0.25) is 0 Å². The van der Waals surface area contributed by atoms with Crippen LogP contribution in [0.1, 0.15) is 11.1 Å². The monoisotopic (exact) mass is 371 g/mol. The van der Waals surface area contributed by atoms with E-state index in [9.17, 15) is 22.8 Å². The van der Waals surface area contributed by atoms with Gasteiger partial charge in [0.15, 0.2) is 0 Å². The zero-order chi connectivity index (χ0) is 19.6. The van der Waals surface area contributed by atoms with E-state index < -0.39 is 23.1 Å². The van der Waals surface area contributed by atoms with Crippen LogP contribution in [0.5, 0.6) is 0 Å². The van der Waals surface area contributed by atoms with Crippen molar-refractivity contribution in [2.75, 3.05) is 5.32 Å². The van der Waals surface area contributed by atoms with Crippen molar-refractivity contribution in [3.63, 3.8) is 0 Å². The van der Waals surface area contributed by atoms with E-state index in [1.165, 1.54) is 10.8 Å². The Hall–Kier alpha value is -3.60. The maximum Gasteiger partial charge on any atom is 0.416 e. The lowest BCUT2D eigenvalue weighted by Gasteiger charge is -2.12. The number of nitrogens with one attached hydrogen (secondary N) is 1. The zero-order valence-electron chi connectivity index (χ0n) is 13.7. The number of carbonyl (C=O) groups is 1. The second-order valence-corrected chi connectivity index (χ2v) is 5.75. The van der Waals surface area contributed by atoms with Gasteiger partial charge in [-0.3, -0.25) is 9.59 Å². The van der Waals surface area contributed by atoms with Crippen LogP contribution < -0.4 is 10.7 Å². The molecule has 0 radical (unpaired) electrons. The number of aromatic nitrogens is 1. The Bertz CT molecular complexity index is 1110. The van der Waals surface area contributed by atoms with E-state index in [-0.39, 0.29) is 17.8 Å². The highest BCUT2D eigenvalue weighted by molar-refractivity contribution is 5.92. The van der Waals surface area contributed by atoms with Gasteiger partial charge >= 0.3 is 6.18 Å². The molecule has 0 unspecified atom stereocenters. The van der Waals surface area contributed by atoms with Crippen LogP contribution in [0.3, 0.4) is 0 Å². The number of hydrogen-bond acceptors (Lipinski definition) is 3. The number of hydrogen-bond donors (Lipinski definition) is 1. The number of fused-ring (bicyclic) bond motifs is 1. The third-order valence-electron chi connectivity index (χ3n) is 3.92. The largest absolute Gasteiger partial charge is 0.416 e. The molecular weight excluding hydrogens is 359 g/mol. The molecule has 0 aliphatic heterocycles. The van der Waals surface area contributed by atoms with Gasteiger partial charge in [0.2, 0.25) is 11.3 Å². The molecule has 1 aromatic heterocycles. The fourth-order valence-electron chi connectivity index (χ4n) is 2.65. The van der Waals surface area contributed by atoms with Crippen molar-refractivity contribution in [3.05, 3.63) is 76.1 Å². The highest BCUT2D eigenvalue weighted by Gasteiger charge is 2.30. The molecular formula is C19H12F3N3O2. The molecule has 5 nitrogen and oxygen atoms in total. The Kier molecular flexibility index (Phi) is 4.69. The summed E-state index contributed by atoms with van der Waals surface area (Å²) in [6.45, 7) is -0.212. The van der Waals surface area contributed by atoms with E-state index in [1.54, 1.807) is 30.3 Å². The summed E-state index contributed by atoms with van der Waals surface area (Å²) < 4.78 is 39.2. The van der Waals surface area contributed by atoms with E-state index in [4.69, 9.17) is 5.26 Å². The lowest BCUT2D eigenvalue weighted by atomic mass is 10.1. The molecule has 1 N–H and O–H groups in total. The summed E-state index contributed by atoms with van der Waals surface area (Å²) in [5.41, 5.74) is -0.656. The van der Waals surface area contributed by atoms with Crippen LogP contribution in [0.25, 0.3) is 10.9 Å². The number of halogens is 3. The first kappa shape index (κ1) is 18.2. The van der Waals surface area contributed by atoms with E-state index in [0.717, 1.165) is 24.3 Å². The van der Waals surface area contributed by atoms with Crippen molar-refractivity contribution in [2.24, 2.45) is 0 Å². The number of anilines is 1. The normalized spacial score (nSPS) is 11.2. The van der Waals surface area contributed by atoms with Gasteiger partial charge in [-0.15, -0.1) is 0 Å². The molecule has 0 saturated heterocycles. The van der Waals surface area contributed by atoms with Crippen LogP contribution in [0.15, 0.2) is 59.5 Å². The standard InChI is InChI=1S/C19H12F3N3O2/c20-19(21,22)13-5-7-14(8-6-13)24-17(26)11-25-10-12(9-23)18(27)15-3-1-2-4-16(15)25/h1-8,10H,11H2,(H,24,26). The lowest BCUT2D eigenvalue weighted by Crippen LogP contribution is -2.21. The average Bonchev–Trinajstić information content (AvgIpc) is 2.64. The molecule has 0 fully saturated rings. The maximum absolute atomic E-state index is 12.6. The smallest absolute Gasteiger partial charge is 0.336 e. The number of para-hydroxylation sites is 1. The van der Waals surface area contributed by atoms with E-state index in [1.807, 2.05) is 0 Å². The molecule has 136 valence electrons. The average molecular weight is 371 g/mol. The minimum absolute atomic E-state index is 0.101. The third kappa shape index (κ3) is 3.82. The Morgan fingerprint density at radius 1 is 1.11 bits per heavy atom. The van der Waals surface area contributed by atoms with Gasteiger partial charge < -0.3 is 9.88 Å². The van der Waals surface area contributed by atoms with Crippen molar-refractivity contribution < 1.29 is 18.0 Å². The number of nitrogens with zero attached hydrogens (tertiary/aromatic N) is 2. The second kappa shape index (κ2) is 6.96. The van der Waals surface area contributed by atoms with E-state index >= 15 is 0 Å². The molecule has 0 bridgehead atoms. The van der Waals surface area contributed by atoms with Gasteiger partial charge in [-0.1, -0.05) is 12.1 Å². The molecule has 1 amide bonds. The molecule has 0 aliphatic rings. The van der Waals surface area contributed by atoms with Gasteiger partial charge in [0.05, 0.1) is 11.1 Å². The van der Waals surface area contributed by atoms with Crippen molar-refractivity contribution in [1.82, 2.24) is 4.57 Å². The fraction of sp³-hybridized carbons (Fsp3) is 0.105. The van der Waals surface area contributed by atoms with Gasteiger partial charge in [-0.2, -0.15) is 18.4 Å². The highest BCUT2D eigenvalue weighted by atomic mass is 19.4. The van der Waals surface area contributed by atoms with Crippen LogP contribution in [-0.4, -0.2) is 10.5 Å². The molecule has 1 heterocycles. The predicted molar refractivity (Wildman–Crippen MR) is 93.0 cm³/mol. The molecule has 3 rings (SSSR count). The molecule has 8 heteroatoms. The van der Waals surface area contributed by atoms with Gasteiger partial charge in [-0.05, 0) is 36.4 Å². The van der Waals surface area contributed by atoms with Gasteiger partial charge in [-0.25, -0.2) is 0 Å². The number of carbonyl (C=O) groups excluding carboxylic acids is 1. The van der Waals surface area contributed by atoms with Crippen LogP contribution in [-0.2, 0) is 17.5 Å². The van der Waals surface area contributed by atoms with E-state index in [0.29, 0.717) is 10.9 Å². The number of benzene rings is 2. The van der Waals surface area contributed by atoms with E-state index in [2.05, 4.69) is 5.32 Å². The number of amides is 1. The summed E-state index contributed by atoms with van der Waals surface area (Å²) in [5.74, 6) is -0.507. The van der Waals surface area contributed by atoms with Crippen LogP contribution >= 0.6 is 0 Å². The van der Waals surface area contributed by atoms with Crippen LogP contribution in [0, 0.1) is 11.3 Å². The molecule has 0 saturated carbocycles. The molecule has 0 aliphatic carbocycles. The first-order valence-electron chi connectivity index (χ1n) is 7.79. The summed E-state index contributed by atoms with van der Waals surface area (Å²) >= 11 is 0. The summed E-state index contributed by atoms with van der Waals surface area (Å²) in [4.78, 5) is 24.4. The summed E-state index contributed by atoms with van der Waals surface area (Å²) in [6.07, 6.45) is -3.16.